The van der Waals surface area contributed by atoms with E-state index >= 15 is 0 Å². The second-order valence-electron chi connectivity index (χ2n) is 6.88. The Morgan fingerprint density at radius 1 is 1.00 bits per heavy atom. The van der Waals surface area contributed by atoms with Gasteiger partial charge in [0, 0.05) is 11.8 Å². The Balaban J connectivity index is 1.71. The first-order chi connectivity index (χ1) is 15.0. The van der Waals surface area contributed by atoms with E-state index in [-0.39, 0.29) is 23.1 Å². The number of hydrogen-bond acceptors (Lipinski definition) is 6. The lowest BCUT2D eigenvalue weighted by Gasteiger charge is -2.26. The van der Waals surface area contributed by atoms with Crippen molar-refractivity contribution < 1.29 is 22.7 Å². The predicted octanol–water partition coefficient (Wildman–Crippen LogP) is 3.52. The van der Waals surface area contributed by atoms with Crippen LogP contribution in [0.5, 0.6) is 11.5 Å². The highest BCUT2D eigenvalue weighted by atomic mass is 32.2. The molecule has 1 atom stereocenters. The molecule has 1 aromatic heterocycles. The SMILES string of the molecule is COc1cccc(CN2C(=O)CSC2c2cccn2S(=O)(=O)c2ccccc2)c1OC. The molecule has 1 fully saturated rings. The summed E-state index contributed by atoms with van der Waals surface area (Å²) in [4.78, 5) is 14.6. The molecule has 0 bridgehead atoms. The van der Waals surface area contributed by atoms with Crippen LogP contribution in [-0.2, 0) is 21.4 Å². The average molecular weight is 459 g/mol. The van der Waals surface area contributed by atoms with Gasteiger partial charge in [0.25, 0.3) is 10.0 Å². The van der Waals surface area contributed by atoms with Crippen LogP contribution in [0, 0.1) is 0 Å². The van der Waals surface area contributed by atoms with Crippen LogP contribution >= 0.6 is 11.8 Å². The lowest BCUT2D eigenvalue weighted by molar-refractivity contribution is -0.128. The Labute approximate surface area is 185 Å². The van der Waals surface area contributed by atoms with Crippen molar-refractivity contribution in [2.45, 2.75) is 16.8 Å². The van der Waals surface area contributed by atoms with Gasteiger partial charge < -0.3 is 14.4 Å². The first-order valence-corrected chi connectivity index (χ1v) is 12.0. The number of hydrogen-bond donors (Lipinski definition) is 0. The molecule has 1 amide bonds. The summed E-state index contributed by atoms with van der Waals surface area (Å²) in [7, 11) is -0.670. The molecule has 1 saturated heterocycles. The van der Waals surface area contributed by atoms with E-state index in [4.69, 9.17) is 9.47 Å². The maximum atomic E-state index is 13.2. The Morgan fingerprint density at radius 2 is 1.77 bits per heavy atom. The van der Waals surface area contributed by atoms with E-state index in [1.807, 2.05) is 12.1 Å². The molecule has 0 spiro atoms. The summed E-state index contributed by atoms with van der Waals surface area (Å²) in [6.45, 7) is 0.271. The largest absolute Gasteiger partial charge is 0.493 e. The van der Waals surface area contributed by atoms with Gasteiger partial charge in [-0.3, -0.25) is 4.79 Å². The van der Waals surface area contributed by atoms with Crippen LogP contribution in [0.3, 0.4) is 0 Å². The normalized spacial score (nSPS) is 16.5. The molecule has 1 unspecified atom stereocenters. The van der Waals surface area contributed by atoms with Gasteiger partial charge >= 0.3 is 0 Å². The molecule has 2 aromatic carbocycles. The van der Waals surface area contributed by atoms with Crippen molar-refractivity contribution in [2.75, 3.05) is 20.0 Å². The van der Waals surface area contributed by atoms with E-state index < -0.39 is 15.4 Å². The maximum absolute atomic E-state index is 13.2. The number of benzene rings is 2. The van der Waals surface area contributed by atoms with Gasteiger partial charge in [-0.05, 0) is 30.3 Å². The van der Waals surface area contributed by atoms with Crippen LogP contribution in [0.15, 0.2) is 71.8 Å². The fourth-order valence-corrected chi connectivity index (χ4v) is 6.29. The molecule has 4 rings (SSSR count). The number of aromatic nitrogens is 1. The molecule has 1 aliphatic rings. The second-order valence-corrected chi connectivity index (χ2v) is 9.77. The Kier molecular flexibility index (Phi) is 5.97. The van der Waals surface area contributed by atoms with Gasteiger partial charge in [-0.15, -0.1) is 11.8 Å². The third-order valence-electron chi connectivity index (χ3n) is 5.09. The molecule has 1 aliphatic heterocycles. The van der Waals surface area contributed by atoms with Crippen LogP contribution in [0.4, 0.5) is 0 Å². The topological polar surface area (TPSA) is 77.8 Å². The lowest BCUT2D eigenvalue weighted by Crippen LogP contribution is -2.30. The lowest BCUT2D eigenvalue weighted by atomic mass is 10.1. The van der Waals surface area contributed by atoms with Gasteiger partial charge in [0.05, 0.1) is 37.1 Å². The molecule has 0 saturated carbocycles. The summed E-state index contributed by atoms with van der Waals surface area (Å²) < 4.78 is 38.6. The van der Waals surface area contributed by atoms with Gasteiger partial charge in [-0.1, -0.05) is 30.3 Å². The van der Waals surface area contributed by atoms with Crippen molar-refractivity contribution in [1.82, 2.24) is 8.87 Å². The van der Waals surface area contributed by atoms with Gasteiger partial charge in [0.15, 0.2) is 11.5 Å². The molecule has 2 heterocycles. The zero-order valence-corrected chi connectivity index (χ0v) is 18.7. The number of carbonyl (C=O) groups excluding carboxylic acids is 1. The number of ether oxygens (including phenoxy) is 2. The molecule has 31 heavy (non-hydrogen) atoms. The number of rotatable bonds is 7. The van der Waals surface area contributed by atoms with Gasteiger partial charge in [-0.25, -0.2) is 12.4 Å². The van der Waals surface area contributed by atoms with Crippen LogP contribution in [0.1, 0.15) is 16.6 Å². The minimum Gasteiger partial charge on any atom is -0.493 e. The Bertz CT molecular complexity index is 1190. The highest BCUT2D eigenvalue weighted by Gasteiger charge is 2.37. The van der Waals surface area contributed by atoms with Gasteiger partial charge in [0.2, 0.25) is 5.91 Å². The number of thioether (sulfide) groups is 1. The van der Waals surface area contributed by atoms with Crippen molar-refractivity contribution in [1.29, 1.82) is 0 Å². The zero-order chi connectivity index (χ0) is 22.0. The van der Waals surface area contributed by atoms with Crippen molar-refractivity contribution >= 4 is 27.7 Å². The fraction of sp³-hybridized carbons (Fsp3) is 0.227. The Morgan fingerprint density at radius 3 is 2.48 bits per heavy atom. The van der Waals surface area contributed by atoms with Crippen LogP contribution in [-0.4, -0.2) is 43.2 Å². The summed E-state index contributed by atoms with van der Waals surface area (Å²) in [5.41, 5.74) is 1.31. The van der Waals surface area contributed by atoms with E-state index in [1.165, 1.54) is 21.9 Å². The van der Waals surface area contributed by atoms with Crippen LogP contribution in [0.25, 0.3) is 0 Å². The summed E-state index contributed by atoms with van der Waals surface area (Å²) in [5.74, 6) is 1.34. The standard InChI is InChI=1S/C22H22N2O5S2/c1-28-19-12-6-8-16(21(19)29-2)14-23-20(25)15-30-22(23)18-11-7-13-24(18)31(26,27)17-9-4-3-5-10-17/h3-13,22H,14-15H2,1-2H3. The molecule has 7 nitrogen and oxygen atoms in total. The molecule has 0 radical (unpaired) electrons. The van der Waals surface area contributed by atoms with Gasteiger partial charge in [0.1, 0.15) is 5.37 Å². The van der Waals surface area contributed by atoms with Crippen molar-refractivity contribution in [3.63, 3.8) is 0 Å². The van der Waals surface area contributed by atoms with E-state index in [9.17, 15) is 13.2 Å². The number of carbonyl (C=O) groups is 1. The molecular formula is C22H22N2O5S2. The van der Waals surface area contributed by atoms with Crippen LogP contribution in [0.2, 0.25) is 0 Å². The zero-order valence-electron chi connectivity index (χ0n) is 17.1. The third-order valence-corrected chi connectivity index (χ3v) is 8.03. The maximum Gasteiger partial charge on any atom is 0.267 e. The molecule has 3 aromatic rings. The number of methoxy groups -OCH3 is 2. The van der Waals surface area contributed by atoms with E-state index in [2.05, 4.69) is 0 Å². The smallest absolute Gasteiger partial charge is 0.267 e. The van der Waals surface area contributed by atoms with Crippen LogP contribution < -0.4 is 9.47 Å². The first-order valence-electron chi connectivity index (χ1n) is 9.56. The average Bonchev–Trinajstić information content (AvgIpc) is 3.41. The highest BCUT2D eigenvalue weighted by Crippen LogP contribution is 2.42. The third kappa shape index (κ3) is 3.90. The second kappa shape index (κ2) is 8.68. The summed E-state index contributed by atoms with van der Waals surface area (Å²) in [5, 5.41) is -0.447. The number of para-hydroxylation sites is 1. The van der Waals surface area contributed by atoms with E-state index in [0.717, 1.165) is 5.56 Å². The fourth-order valence-electron chi connectivity index (χ4n) is 3.63. The van der Waals surface area contributed by atoms with E-state index in [0.29, 0.717) is 17.2 Å². The minimum absolute atomic E-state index is 0.0651. The highest BCUT2D eigenvalue weighted by molar-refractivity contribution is 8.00. The van der Waals surface area contributed by atoms with Gasteiger partial charge in [-0.2, -0.15) is 0 Å². The quantitative estimate of drug-likeness (QED) is 0.539. The Hall–Kier alpha value is -2.91. The summed E-state index contributed by atoms with van der Waals surface area (Å²) in [6.07, 6.45) is 1.52. The first kappa shape index (κ1) is 21.3. The predicted molar refractivity (Wildman–Crippen MR) is 119 cm³/mol. The minimum atomic E-state index is -3.78. The summed E-state index contributed by atoms with van der Waals surface area (Å²) >= 11 is 1.40. The molecule has 0 aliphatic carbocycles. The molecule has 162 valence electrons. The molecule has 0 N–H and O–H groups in total. The van der Waals surface area contributed by atoms with Crippen molar-refractivity contribution in [3.8, 4) is 11.5 Å². The molecule has 9 heteroatoms. The summed E-state index contributed by atoms with van der Waals surface area (Å²) in [6, 6.07) is 17.2. The number of amides is 1. The van der Waals surface area contributed by atoms with Crippen molar-refractivity contribution in [2.24, 2.45) is 0 Å². The number of nitrogens with zero attached hydrogens (tertiary/aromatic N) is 2. The van der Waals surface area contributed by atoms with E-state index in [1.54, 1.807) is 67.7 Å². The van der Waals surface area contributed by atoms with Crippen molar-refractivity contribution in [3.05, 3.63) is 78.1 Å². The monoisotopic (exact) mass is 458 g/mol. The molecular weight excluding hydrogens is 436 g/mol.